The topological polar surface area (TPSA) is 93.0 Å². The third-order valence-corrected chi connectivity index (χ3v) is 3.17. The number of hydrogen-bond donors (Lipinski definition) is 2. The monoisotopic (exact) mass is 291 g/mol. The molecule has 1 rings (SSSR count). The van der Waals surface area contributed by atoms with Crippen molar-refractivity contribution >= 4 is 34.5 Å². The molecule has 18 heavy (non-hydrogen) atoms. The summed E-state index contributed by atoms with van der Waals surface area (Å²) >= 11 is 5.95. The van der Waals surface area contributed by atoms with Gasteiger partial charge in [0, 0.05) is 5.56 Å². The number of thiol groups is 1. The van der Waals surface area contributed by atoms with Gasteiger partial charge in [0.2, 0.25) is 0 Å². The summed E-state index contributed by atoms with van der Waals surface area (Å²) in [6.07, 6.45) is 0.975. The molecule has 0 saturated carbocycles. The van der Waals surface area contributed by atoms with Crippen LogP contribution in [0.15, 0.2) is 17.3 Å². The number of rotatable bonds is 4. The molecule has 0 bridgehead atoms. The molecule has 0 fully saturated rings. The van der Waals surface area contributed by atoms with Gasteiger partial charge in [0.25, 0.3) is 0 Å². The smallest absolute Gasteiger partial charge is 0.339 e. The largest absolute Gasteiger partial charge is 0.465 e. The highest BCUT2D eigenvalue weighted by atomic mass is 35.5. The van der Waals surface area contributed by atoms with Gasteiger partial charge in [0.05, 0.1) is 29.7 Å². The van der Waals surface area contributed by atoms with Crippen molar-refractivity contribution in [2.45, 2.75) is 5.75 Å². The van der Waals surface area contributed by atoms with Crippen LogP contribution >= 0.6 is 11.6 Å². The number of halogens is 1. The highest BCUT2D eigenvalue weighted by Gasteiger charge is 2.16. The van der Waals surface area contributed by atoms with Crippen LogP contribution in [0.25, 0.3) is 0 Å². The SMILES string of the molecule is COC(=O)c1ccc(C[SH](=O)=O)c(C=NO)c1Cl. The van der Waals surface area contributed by atoms with Crippen LogP contribution in [-0.2, 0) is 21.2 Å². The molecule has 1 aromatic rings. The van der Waals surface area contributed by atoms with E-state index in [1.807, 2.05) is 0 Å². The normalized spacial score (nSPS) is 11.1. The van der Waals surface area contributed by atoms with Gasteiger partial charge in [-0.2, -0.15) is 0 Å². The summed E-state index contributed by atoms with van der Waals surface area (Å²) in [6.45, 7) is 0. The number of carbonyl (C=O) groups is 1. The Bertz CT molecular complexity index is 560. The second-order valence-electron chi connectivity index (χ2n) is 3.23. The van der Waals surface area contributed by atoms with Crippen molar-refractivity contribution in [2.24, 2.45) is 5.16 Å². The van der Waals surface area contributed by atoms with E-state index in [1.165, 1.54) is 19.2 Å². The van der Waals surface area contributed by atoms with Gasteiger partial charge < -0.3 is 9.94 Å². The summed E-state index contributed by atoms with van der Waals surface area (Å²) in [5.41, 5.74) is 0.571. The zero-order valence-corrected chi connectivity index (χ0v) is 10.9. The van der Waals surface area contributed by atoms with E-state index in [1.54, 1.807) is 0 Å². The standard InChI is InChI=1S/C10H10ClNO5S/c1-17-10(13)7-3-2-6(5-18(15)16)8(4-12-14)9(7)11/h2-4,14,18H,5H2,1H3. The fourth-order valence-electron chi connectivity index (χ4n) is 1.37. The molecule has 98 valence electrons. The number of hydrogen-bond acceptors (Lipinski definition) is 6. The summed E-state index contributed by atoms with van der Waals surface area (Å²) in [5.74, 6) is -0.927. The van der Waals surface area contributed by atoms with Gasteiger partial charge in [-0.1, -0.05) is 22.8 Å². The summed E-state index contributed by atoms with van der Waals surface area (Å²) in [4.78, 5) is 11.4. The van der Waals surface area contributed by atoms with Gasteiger partial charge in [-0.15, -0.1) is 0 Å². The molecule has 6 nitrogen and oxygen atoms in total. The number of nitrogens with zero attached hydrogens (tertiary/aromatic N) is 1. The number of oxime groups is 1. The third kappa shape index (κ3) is 3.21. The first-order chi connectivity index (χ1) is 8.51. The van der Waals surface area contributed by atoms with Crippen molar-refractivity contribution < 1.29 is 23.2 Å². The average Bonchev–Trinajstić information content (AvgIpc) is 2.32. The molecule has 0 aromatic heterocycles. The van der Waals surface area contributed by atoms with E-state index in [-0.39, 0.29) is 21.9 Å². The van der Waals surface area contributed by atoms with Crippen molar-refractivity contribution in [3.63, 3.8) is 0 Å². The Kier molecular flexibility index (Phi) is 5.11. The second-order valence-corrected chi connectivity index (χ2v) is 4.59. The average molecular weight is 292 g/mol. The fraction of sp³-hybridized carbons (Fsp3) is 0.200. The van der Waals surface area contributed by atoms with Crippen molar-refractivity contribution in [1.82, 2.24) is 0 Å². The minimum atomic E-state index is -2.66. The van der Waals surface area contributed by atoms with Crippen molar-refractivity contribution in [1.29, 1.82) is 0 Å². The van der Waals surface area contributed by atoms with E-state index < -0.39 is 16.7 Å². The summed E-state index contributed by atoms with van der Waals surface area (Å²) in [7, 11) is -1.47. The highest BCUT2D eigenvalue weighted by molar-refractivity contribution is 7.71. The first-order valence-electron chi connectivity index (χ1n) is 4.70. The van der Waals surface area contributed by atoms with Gasteiger partial charge in [-0.25, -0.2) is 13.2 Å². The van der Waals surface area contributed by atoms with Crippen molar-refractivity contribution in [3.8, 4) is 0 Å². The fourth-order valence-corrected chi connectivity index (χ4v) is 2.24. The number of esters is 1. The van der Waals surface area contributed by atoms with Crippen LogP contribution in [0.3, 0.4) is 0 Å². The molecule has 0 radical (unpaired) electrons. The van der Waals surface area contributed by atoms with Crippen molar-refractivity contribution in [2.75, 3.05) is 7.11 Å². The van der Waals surface area contributed by atoms with E-state index >= 15 is 0 Å². The third-order valence-electron chi connectivity index (χ3n) is 2.16. The first-order valence-corrected chi connectivity index (χ1v) is 6.44. The lowest BCUT2D eigenvalue weighted by Crippen LogP contribution is -2.06. The molecule has 8 heteroatoms. The van der Waals surface area contributed by atoms with Gasteiger partial charge in [0.15, 0.2) is 0 Å². The molecule has 0 aliphatic heterocycles. The quantitative estimate of drug-likeness (QED) is 0.284. The van der Waals surface area contributed by atoms with Gasteiger partial charge >= 0.3 is 5.97 Å². The Morgan fingerprint density at radius 1 is 1.56 bits per heavy atom. The molecule has 0 saturated heterocycles. The lowest BCUT2D eigenvalue weighted by molar-refractivity contribution is 0.0601. The number of ether oxygens (including phenoxy) is 1. The zero-order chi connectivity index (χ0) is 13.7. The maximum Gasteiger partial charge on any atom is 0.339 e. The molecule has 0 spiro atoms. The molecule has 1 N–H and O–H groups in total. The molecular weight excluding hydrogens is 282 g/mol. The van der Waals surface area contributed by atoms with E-state index in [0.717, 1.165) is 6.21 Å². The van der Waals surface area contributed by atoms with Crippen LogP contribution in [0.4, 0.5) is 0 Å². The molecule has 0 atom stereocenters. The number of methoxy groups -OCH3 is 1. The Balaban J connectivity index is 3.41. The van der Waals surface area contributed by atoms with E-state index in [2.05, 4.69) is 9.89 Å². The molecule has 1 aromatic carbocycles. The predicted molar refractivity (Wildman–Crippen MR) is 66.2 cm³/mol. The molecule has 0 aliphatic carbocycles. The molecule has 0 unspecified atom stereocenters. The summed E-state index contributed by atoms with van der Waals surface area (Å²) < 4.78 is 25.9. The Morgan fingerprint density at radius 3 is 2.72 bits per heavy atom. The Hall–Kier alpha value is -1.60. The number of carbonyl (C=O) groups excluding carboxylic acids is 1. The van der Waals surface area contributed by atoms with Crippen LogP contribution in [0, 0.1) is 0 Å². The molecule has 0 aliphatic rings. The Morgan fingerprint density at radius 2 is 2.22 bits per heavy atom. The van der Waals surface area contributed by atoms with Crippen LogP contribution in [0.1, 0.15) is 21.5 Å². The maximum absolute atomic E-state index is 11.4. The van der Waals surface area contributed by atoms with E-state index in [4.69, 9.17) is 16.8 Å². The number of benzene rings is 1. The van der Waals surface area contributed by atoms with Gasteiger partial charge in [-0.05, 0) is 11.6 Å². The summed E-state index contributed by atoms with van der Waals surface area (Å²) in [5, 5.41) is 11.3. The zero-order valence-electron chi connectivity index (χ0n) is 9.29. The second kappa shape index (κ2) is 6.36. The minimum absolute atomic E-state index is 0.0194. The predicted octanol–water partition coefficient (Wildman–Crippen LogP) is 1.05. The van der Waals surface area contributed by atoms with Gasteiger partial charge in [-0.3, -0.25) is 0 Å². The molecule has 0 amide bonds. The van der Waals surface area contributed by atoms with E-state index in [0.29, 0.717) is 5.56 Å². The first kappa shape index (κ1) is 14.5. The van der Waals surface area contributed by atoms with Crippen LogP contribution < -0.4 is 0 Å². The lowest BCUT2D eigenvalue weighted by Gasteiger charge is -2.08. The lowest BCUT2D eigenvalue weighted by atomic mass is 10.1. The van der Waals surface area contributed by atoms with E-state index in [9.17, 15) is 13.2 Å². The maximum atomic E-state index is 11.4. The highest BCUT2D eigenvalue weighted by Crippen LogP contribution is 2.24. The van der Waals surface area contributed by atoms with Crippen LogP contribution in [-0.4, -0.2) is 32.9 Å². The molecule has 0 heterocycles. The van der Waals surface area contributed by atoms with Crippen LogP contribution in [0.2, 0.25) is 5.02 Å². The van der Waals surface area contributed by atoms with Crippen molar-refractivity contribution in [3.05, 3.63) is 33.8 Å². The minimum Gasteiger partial charge on any atom is -0.465 e. The summed E-state index contributed by atoms with van der Waals surface area (Å²) in [6, 6.07) is 2.78. The van der Waals surface area contributed by atoms with Crippen LogP contribution in [0.5, 0.6) is 0 Å². The van der Waals surface area contributed by atoms with Gasteiger partial charge in [0.1, 0.15) is 10.7 Å². The molecular formula is C10H10ClNO5S. The Labute approximate surface area is 110 Å².